The van der Waals surface area contributed by atoms with Gasteiger partial charge in [0, 0.05) is 52.8 Å². The van der Waals surface area contributed by atoms with Crippen LogP contribution in [0.3, 0.4) is 0 Å². The maximum Gasteiger partial charge on any atom is 0.142 e. The molecule has 4 aromatic heterocycles. The van der Waals surface area contributed by atoms with Crippen LogP contribution in [0.15, 0.2) is 36.9 Å². The van der Waals surface area contributed by atoms with Crippen LogP contribution >= 0.6 is 10.0 Å². The predicted octanol–water partition coefficient (Wildman–Crippen LogP) is 3.96. The number of pyridine rings is 2. The third-order valence-corrected chi connectivity index (χ3v) is 6.21. The molecule has 0 bridgehead atoms. The van der Waals surface area contributed by atoms with E-state index in [4.69, 9.17) is 9.72 Å². The van der Waals surface area contributed by atoms with Crippen molar-refractivity contribution < 1.29 is 4.74 Å². The molecule has 0 aromatic carbocycles. The summed E-state index contributed by atoms with van der Waals surface area (Å²) in [6.07, 6.45) is 14.6. The van der Waals surface area contributed by atoms with Crippen molar-refractivity contribution in [1.82, 2.24) is 24.3 Å². The van der Waals surface area contributed by atoms with E-state index >= 15 is 0 Å². The Hall–Kier alpha value is -2.38. The quantitative estimate of drug-likeness (QED) is 0.462. The predicted molar refractivity (Wildman–Crippen MR) is 118 cm³/mol. The van der Waals surface area contributed by atoms with Crippen molar-refractivity contribution in [1.29, 1.82) is 0 Å². The Morgan fingerprint density at radius 3 is 2.54 bits per heavy atom. The number of hydrogen-bond acceptors (Lipinski definition) is 4. The van der Waals surface area contributed by atoms with Crippen LogP contribution in [0, 0.1) is 6.92 Å². The van der Waals surface area contributed by atoms with Gasteiger partial charge >= 0.3 is 0 Å². The fraction of sp³-hybridized carbons (Fsp3) is 0.381. The fourth-order valence-electron chi connectivity index (χ4n) is 3.29. The molecule has 4 heterocycles. The second kappa shape index (κ2) is 7.22. The molecule has 28 heavy (non-hydrogen) atoms. The van der Waals surface area contributed by atoms with Gasteiger partial charge in [0.1, 0.15) is 12.4 Å². The zero-order chi connectivity index (χ0) is 19.9. The van der Waals surface area contributed by atoms with E-state index in [0.717, 1.165) is 51.1 Å². The molecular weight excluding hydrogens is 370 g/mol. The molecule has 6 nitrogen and oxygen atoms in total. The average molecular weight is 398 g/mol. The van der Waals surface area contributed by atoms with Gasteiger partial charge < -0.3 is 4.74 Å². The molecule has 0 saturated heterocycles. The lowest BCUT2D eigenvalue weighted by molar-refractivity contribution is 0.0950. The largest absolute Gasteiger partial charge is 0.360 e. The Kier molecular flexibility index (Phi) is 4.89. The highest BCUT2D eigenvalue weighted by Crippen LogP contribution is 2.34. The molecule has 0 atom stereocenters. The summed E-state index contributed by atoms with van der Waals surface area (Å²) in [5, 5.41) is 6.56. The van der Waals surface area contributed by atoms with E-state index < -0.39 is 10.0 Å². The number of nitrogens with zero attached hydrogens (tertiary/aromatic N) is 5. The molecule has 0 aliphatic carbocycles. The maximum absolute atomic E-state index is 6.02. The summed E-state index contributed by atoms with van der Waals surface area (Å²) >= 11 is 0. The van der Waals surface area contributed by atoms with Crippen molar-refractivity contribution in [3.05, 3.63) is 42.6 Å². The van der Waals surface area contributed by atoms with E-state index in [1.807, 2.05) is 43.4 Å². The van der Waals surface area contributed by atoms with Crippen molar-refractivity contribution >= 4 is 32.0 Å². The van der Waals surface area contributed by atoms with Crippen molar-refractivity contribution in [2.45, 2.75) is 13.7 Å². The zero-order valence-corrected chi connectivity index (χ0v) is 18.0. The van der Waals surface area contributed by atoms with Gasteiger partial charge in [-0.1, -0.05) is 0 Å². The maximum atomic E-state index is 6.02. The summed E-state index contributed by atoms with van der Waals surface area (Å²) < 4.78 is 9.96. The normalized spacial score (nSPS) is 12.9. The SMILES string of the molecule is Cc1cc2c3cc(-c4cnn(C)c4)cnc3n(COCCS(C)(C)C)c2cn1. The third kappa shape index (κ3) is 3.77. The van der Waals surface area contributed by atoms with E-state index in [1.54, 1.807) is 0 Å². The standard InChI is InChI=1S/C21H27N5OS/c1-15-8-18-19-9-16(17-11-24-25(2)13-17)10-23-21(19)26(20(18)12-22-15)14-27-6-7-28(3,4)5/h8-13H,6-7,14H2,1-5H3. The zero-order valence-electron chi connectivity index (χ0n) is 17.1. The number of ether oxygens (including phenoxy) is 1. The molecule has 0 fully saturated rings. The van der Waals surface area contributed by atoms with E-state index in [1.165, 1.54) is 0 Å². The van der Waals surface area contributed by atoms with Crippen LogP contribution in [0.5, 0.6) is 0 Å². The van der Waals surface area contributed by atoms with Gasteiger partial charge in [0.05, 0.1) is 24.5 Å². The van der Waals surface area contributed by atoms with E-state index in [2.05, 4.69) is 45.5 Å². The highest BCUT2D eigenvalue weighted by molar-refractivity contribution is 8.32. The Balaban J connectivity index is 1.75. The highest BCUT2D eigenvalue weighted by Gasteiger charge is 2.15. The van der Waals surface area contributed by atoms with Crippen LogP contribution < -0.4 is 0 Å². The molecule has 0 amide bonds. The summed E-state index contributed by atoms with van der Waals surface area (Å²) in [6.45, 7) is 3.26. The first-order chi connectivity index (χ1) is 13.3. The van der Waals surface area contributed by atoms with E-state index in [0.29, 0.717) is 6.73 Å². The number of aryl methyl sites for hydroxylation is 2. The van der Waals surface area contributed by atoms with Crippen LogP contribution in [-0.2, 0) is 18.5 Å². The number of aromatic nitrogens is 5. The molecule has 0 N–H and O–H groups in total. The van der Waals surface area contributed by atoms with Crippen molar-refractivity contribution in [3.8, 4) is 11.1 Å². The first-order valence-electron chi connectivity index (χ1n) is 9.29. The minimum atomic E-state index is -0.560. The van der Waals surface area contributed by atoms with Gasteiger partial charge in [-0.05, 0) is 37.8 Å². The van der Waals surface area contributed by atoms with Crippen LogP contribution in [0.4, 0.5) is 0 Å². The summed E-state index contributed by atoms with van der Waals surface area (Å²) in [5.74, 6) is 1.10. The topological polar surface area (TPSA) is 57.8 Å². The first-order valence-corrected chi connectivity index (χ1v) is 12.3. The Morgan fingerprint density at radius 2 is 1.82 bits per heavy atom. The molecular formula is C21H27N5OS. The molecule has 0 radical (unpaired) electrons. The molecule has 0 aliphatic rings. The Morgan fingerprint density at radius 1 is 1.00 bits per heavy atom. The molecule has 4 rings (SSSR count). The first kappa shape index (κ1) is 19.0. The van der Waals surface area contributed by atoms with E-state index in [9.17, 15) is 0 Å². The van der Waals surface area contributed by atoms with Gasteiger partial charge in [0.25, 0.3) is 0 Å². The second-order valence-electron chi connectivity index (χ2n) is 8.10. The van der Waals surface area contributed by atoms with Crippen LogP contribution in [0.2, 0.25) is 0 Å². The smallest absolute Gasteiger partial charge is 0.142 e. The summed E-state index contributed by atoms with van der Waals surface area (Å²) in [4.78, 5) is 9.29. The van der Waals surface area contributed by atoms with Crippen LogP contribution in [0.25, 0.3) is 33.1 Å². The average Bonchev–Trinajstić information content (AvgIpc) is 3.19. The minimum Gasteiger partial charge on any atom is -0.360 e. The van der Waals surface area contributed by atoms with E-state index in [-0.39, 0.29) is 0 Å². The monoisotopic (exact) mass is 397 g/mol. The molecule has 7 heteroatoms. The molecule has 4 aromatic rings. The number of rotatable bonds is 6. The molecule has 0 unspecified atom stereocenters. The number of hydrogen-bond donors (Lipinski definition) is 0. The van der Waals surface area contributed by atoms with Gasteiger partial charge in [-0.2, -0.15) is 5.10 Å². The van der Waals surface area contributed by atoms with Crippen LogP contribution in [-0.4, -0.2) is 55.4 Å². The fourth-order valence-corrected chi connectivity index (χ4v) is 3.91. The van der Waals surface area contributed by atoms with Crippen molar-refractivity contribution in [2.24, 2.45) is 7.05 Å². The van der Waals surface area contributed by atoms with Crippen LogP contribution in [0.1, 0.15) is 5.69 Å². The summed E-state index contributed by atoms with van der Waals surface area (Å²) in [7, 11) is 1.36. The lowest BCUT2D eigenvalue weighted by Crippen LogP contribution is -2.10. The van der Waals surface area contributed by atoms with Crippen molar-refractivity contribution in [2.75, 3.05) is 31.1 Å². The Bertz CT molecular complexity index is 1140. The van der Waals surface area contributed by atoms with Gasteiger partial charge in [-0.15, -0.1) is 0 Å². The van der Waals surface area contributed by atoms with Crippen molar-refractivity contribution in [3.63, 3.8) is 0 Å². The second-order valence-corrected chi connectivity index (χ2v) is 12.7. The third-order valence-electron chi connectivity index (χ3n) is 4.82. The number of fused-ring (bicyclic) bond motifs is 3. The summed E-state index contributed by atoms with van der Waals surface area (Å²) in [6, 6.07) is 4.32. The summed E-state index contributed by atoms with van der Waals surface area (Å²) in [5.41, 5.74) is 5.10. The van der Waals surface area contributed by atoms with Gasteiger partial charge in [0.15, 0.2) is 0 Å². The molecule has 0 spiro atoms. The lowest BCUT2D eigenvalue weighted by atomic mass is 10.1. The molecule has 0 aliphatic heterocycles. The lowest BCUT2D eigenvalue weighted by Gasteiger charge is -2.24. The van der Waals surface area contributed by atoms with Gasteiger partial charge in [-0.25, -0.2) is 15.0 Å². The van der Waals surface area contributed by atoms with Gasteiger partial charge in [-0.3, -0.25) is 14.2 Å². The molecule has 148 valence electrons. The highest BCUT2D eigenvalue weighted by atomic mass is 32.3. The minimum absolute atomic E-state index is 0.486. The Labute approximate surface area is 166 Å². The van der Waals surface area contributed by atoms with Gasteiger partial charge in [0.2, 0.25) is 0 Å². The molecule has 0 saturated carbocycles.